The van der Waals surface area contributed by atoms with Crippen LogP contribution in [0.15, 0.2) is 42.5 Å². The van der Waals surface area contributed by atoms with Gasteiger partial charge in [0, 0.05) is 29.4 Å². The Hall–Kier alpha value is -2.88. The van der Waals surface area contributed by atoms with Crippen LogP contribution in [-0.4, -0.2) is 38.2 Å². The Balaban J connectivity index is 1.44. The summed E-state index contributed by atoms with van der Waals surface area (Å²) in [6, 6.07) is 12.0. The lowest BCUT2D eigenvalue weighted by Gasteiger charge is -2.13. The minimum Gasteiger partial charge on any atom is -0.482 e. The zero-order valence-electron chi connectivity index (χ0n) is 14.8. The fourth-order valence-corrected chi connectivity index (χ4v) is 2.98. The first-order valence-corrected chi connectivity index (χ1v) is 9.27. The number of ether oxygens (including phenoxy) is 1. The van der Waals surface area contributed by atoms with E-state index in [1.165, 1.54) is 0 Å². The van der Waals surface area contributed by atoms with Crippen molar-refractivity contribution >= 4 is 40.8 Å². The van der Waals surface area contributed by atoms with Crippen molar-refractivity contribution in [2.45, 2.75) is 0 Å². The zero-order valence-corrected chi connectivity index (χ0v) is 16.3. The molecular weight excluding hydrogens is 401 g/mol. The van der Waals surface area contributed by atoms with E-state index in [0.29, 0.717) is 28.9 Å². The largest absolute Gasteiger partial charge is 0.482 e. The van der Waals surface area contributed by atoms with Crippen molar-refractivity contribution in [1.82, 2.24) is 10.6 Å². The molecule has 28 heavy (non-hydrogen) atoms. The summed E-state index contributed by atoms with van der Waals surface area (Å²) in [4.78, 5) is 25.1. The van der Waals surface area contributed by atoms with Gasteiger partial charge in [-0.3, -0.25) is 9.69 Å². The van der Waals surface area contributed by atoms with Crippen LogP contribution in [0, 0.1) is 11.8 Å². The Morgan fingerprint density at radius 1 is 1.21 bits per heavy atom. The fourth-order valence-electron chi connectivity index (χ4n) is 2.52. The molecule has 1 saturated heterocycles. The van der Waals surface area contributed by atoms with Gasteiger partial charge in [-0.05, 0) is 42.5 Å². The van der Waals surface area contributed by atoms with Crippen LogP contribution in [-0.2, 0) is 4.79 Å². The standard InChI is InChI=1S/C20H17Cl2N3O3/c21-15-5-8-18(17(22)12-15)28-13-19(26)23-9-1-2-14-3-6-16(7-4-14)25-11-10-24-20(25)27/h3-8,12H,9-11,13H2,(H,23,26)(H,24,27). The van der Waals surface area contributed by atoms with E-state index >= 15 is 0 Å². The summed E-state index contributed by atoms with van der Waals surface area (Å²) in [5.41, 5.74) is 1.62. The molecule has 0 radical (unpaired) electrons. The summed E-state index contributed by atoms with van der Waals surface area (Å²) >= 11 is 11.8. The summed E-state index contributed by atoms with van der Waals surface area (Å²) < 4.78 is 5.35. The van der Waals surface area contributed by atoms with Crippen molar-refractivity contribution in [2.75, 3.05) is 31.1 Å². The Morgan fingerprint density at radius 2 is 2.00 bits per heavy atom. The van der Waals surface area contributed by atoms with E-state index in [9.17, 15) is 9.59 Å². The van der Waals surface area contributed by atoms with Crippen LogP contribution in [0.2, 0.25) is 10.0 Å². The third-order valence-electron chi connectivity index (χ3n) is 3.90. The van der Waals surface area contributed by atoms with Gasteiger partial charge >= 0.3 is 6.03 Å². The fraction of sp³-hybridized carbons (Fsp3) is 0.200. The van der Waals surface area contributed by atoms with Crippen molar-refractivity contribution in [3.8, 4) is 17.6 Å². The van der Waals surface area contributed by atoms with Crippen molar-refractivity contribution < 1.29 is 14.3 Å². The maximum atomic E-state index is 11.8. The van der Waals surface area contributed by atoms with Crippen LogP contribution in [0.1, 0.15) is 5.56 Å². The summed E-state index contributed by atoms with van der Waals surface area (Å²) in [5, 5.41) is 6.24. The van der Waals surface area contributed by atoms with Gasteiger partial charge in [0.25, 0.3) is 5.91 Å². The highest BCUT2D eigenvalue weighted by Crippen LogP contribution is 2.27. The maximum Gasteiger partial charge on any atom is 0.321 e. The third-order valence-corrected chi connectivity index (χ3v) is 4.43. The minimum absolute atomic E-state index is 0.0938. The molecule has 1 aliphatic heterocycles. The van der Waals surface area contributed by atoms with Crippen LogP contribution >= 0.6 is 23.2 Å². The normalized spacial score (nSPS) is 12.8. The highest BCUT2D eigenvalue weighted by Gasteiger charge is 2.20. The molecule has 1 aliphatic rings. The average molecular weight is 418 g/mol. The maximum absolute atomic E-state index is 11.8. The summed E-state index contributed by atoms with van der Waals surface area (Å²) in [5.74, 6) is 5.91. The molecule has 0 spiro atoms. The van der Waals surface area contributed by atoms with Crippen LogP contribution in [0.4, 0.5) is 10.5 Å². The SMILES string of the molecule is O=C(COc1ccc(Cl)cc1Cl)NCC#Cc1ccc(N2CCNC2=O)cc1. The summed E-state index contributed by atoms with van der Waals surface area (Å²) in [6.45, 7) is 1.32. The Morgan fingerprint density at radius 3 is 2.68 bits per heavy atom. The van der Waals surface area contributed by atoms with Gasteiger partial charge < -0.3 is 15.4 Å². The van der Waals surface area contributed by atoms with Gasteiger partial charge in [0.05, 0.1) is 11.6 Å². The summed E-state index contributed by atoms with van der Waals surface area (Å²) in [6.07, 6.45) is 0. The second kappa shape index (κ2) is 9.36. The van der Waals surface area contributed by atoms with Crippen LogP contribution in [0.25, 0.3) is 0 Å². The second-order valence-electron chi connectivity index (χ2n) is 5.87. The molecule has 1 heterocycles. The van der Waals surface area contributed by atoms with E-state index in [-0.39, 0.29) is 25.1 Å². The smallest absolute Gasteiger partial charge is 0.321 e. The van der Waals surface area contributed by atoms with Gasteiger partial charge in [0.2, 0.25) is 0 Å². The molecule has 6 nitrogen and oxygen atoms in total. The molecule has 0 saturated carbocycles. The topological polar surface area (TPSA) is 70.7 Å². The Bertz CT molecular complexity index is 936. The van der Waals surface area contributed by atoms with Gasteiger partial charge in [0.1, 0.15) is 5.75 Å². The third kappa shape index (κ3) is 5.32. The monoisotopic (exact) mass is 417 g/mol. The molecule has 2 aromatic rings. The van der Waals surface area contributed by atoms with Crippen LogP contribution < -0.4 is 20.3 Å². The Kier molecular flexibility index (Phi) is 6.64. The van der Waals surface area contributed by atoms with Crippen molar-refractivity contribution in [1.29, 1.82) is 0 Å². The molecule has 0 unspecified atom stereocenters. The van der Waals surface area contributed by atoms with Crippen molar-refractivity contribution in [3.63, 3.8) is 0 Å². The van der Waals surface area contributed by atoms with E-state index in [4.69, 9.17) is 27.9 Å². The van der Waals surface area contributed by atoms with Gasteiger partial charge in [-0.15, -0.1) is 0 Å². The zero-order chi connectivity index (χ0) is 19.9. The average Bonchev–Trinajstić information content (AvgIpc) is 3.11. The first kappa shape index (κ1) is 19.9. The molecule has 0 bridgehead atoms. The highest BCUT2D eigenvalue weighted by atomic mass is 35.5. The Labute approximate surface area is 172 Å². The number of carbonyl (C=O) groups is 2. The number of urea groups is 1. The number of nitrogens with one attached hydrogen (secondary N) is 2. The van der Waals surface area contributed by atoms with E-state index in [2.05, 4.69) is 22.5 Å². The molecule has 8 heteroatoms. The van der Waals surface area contributed by atoms with Gasteiger partial charge in [-0.2, -0.15) is 0 Å². The van der Waals surface area contributed by atoms with Gasteiger partial charge in [0.15, 0.2) is 6.61 Å². The van der Waals surface area contributed by atoms with Gasteiger partial charge in [-0.25, -0.2) is 4.79 Å². The van der Waals surface area contributed by atoms with Crippen LogP contribution in [0.5, 0.6) is 5.75 Å². The molecule has 3 rings (SSSR count). The molecular formula is C20H17Cl2N3O3. The molecule has 1 fully saturated rings. The van der Waals surface area contributed by atoms with Crippen LogP contribution in [0.3, 0.4) is 0 Å². The predicted octanol–water partition coefficient (Wildman–Crippen LogP) is 3.07. The number of amides is 3. The molecule has 2 aromatic carbocycles. The number of nitrogens with zero attached hydrogens (tertiary/aromatic N) is 1. The summed E-state index contributed by atoms with van der Waals surface area (Å²) in [7, 11) is 0. The molecule has 144 valence electrons. The number of rotatable bonds is 5. The number of halogens is 2. The number of benzene rings is 2. The molecule has 0 aromatic heterocycles. The second-order valence-corrected chi connectivity index (χ2v) is 6.72. The number of carbonyl (C=O) groups excluding carboxylic acids is 2. The van der Waals surface area contributed by atoms with E-state index in [1.54, 1.807) is 23.1 Å². The molecule has 3 amide bonds. The quantitative estimate of drug-likeness (QED) is 0.734. The van der Waals surface area contributed by atoms with E-state index in [1.807, 2.05) is 24.3 Å². The number of hydrogen-bond donors (Lipinski definition) is 2. The number of hydrogen-bond acceptors (Lipinski definition) is 3. The van der Waals surface area contributed by atoms with E-state index in [0.717, 1.165) is 11.3 Å². The first-order chi connectivity index (χ1) is 13.5. The first-order valence-electron chi connectivity index (χ1n) is 8.52. The minimum atomic E-state index is -0.310. The predicted molar refractivity (Wildman–Crippen MR) is 109 cm³/mol. The lowest BCUT2D eigenvalue weighted by molar-refractivity contribution is -0.122. The molecule has 0 aliphatic carbocycles. The lowest BCUT2D eigenvalue weighted by atomic mass is 10.2. The van der Waals surface area contributed by atoms with E-state index < -0.39 is 0 Å². The lowest BCUT2D eigenvalue weighted by Crippen LogP contribution is -2.29. The van der Waals surface area contributed by atoms with Gasteiger partial charge in [-0.1, -0.05) is 35.0 Å². The van der Waals surface area contributed by atoms with Crippen molar-refractivity contribution in [3.05, 3.63) is 58.1 Å². The highest BCUT2D eigenvalue weighted by molar-refractivity contribution is 6.35. The number of anilines is 1. The van der Waals surface area contributed by atoms with Crippen molar-refractivity contribution in [2.24, 2.45) is 0 Å². The molecule has 2 N–H and O–H groups in total. The molecule has 0 atom stereocenters.